The highest BCUT2D eigenvalue weighted by Crippen LogP contribution is 2.13. The van der Waals surface area contributed by atoms with Crippen LogP contribution in [0.5, 0.6) is 0 Å². The number of urea groups is 1. The number of hydrogen-bond donors (Lipinski definition) is 1. The van der Waals surface area contributed by atoms with Crippen LogP contribution in [0.2, 0.25) is 0 Å². The number of imide groups is 1. The van der Waals surface area contributed by atoms with Crippen LogP contribution < -0.4 is 5.32 Å². The molecular formula is C19H23N3O3. The van der Waals surface area contributed by atoms with Gasteiger partial charge in [-0.3, -0.25) is 14.5 Å². The monoisotopic (exact) mass is 341 g/mol. The zero-order valence-electron chi connectivity index (χ0n) is 14.2. The second-order valence-corrected chi connectivity index (χ2v) is 5.83. The molecule has 0 radical (unpaired) electrons. The highest BCUT2D eigenvalue weighted by Gasteiger charge is 2.39. The van der Waals surface area contributed by atoms with E-state index in [-0.39, 0.29) is 18.4 Å². The summed E-state index contributed by atoms with van der Waals surface area (Å²) >= 11 is 0. The lowest BCUT2D eigenvalue weighted by Gasteiger charge is -2.21. The minimum atomic E-state index is -0.590. The van der Waals surface area contributed by atoms with E-state index in [2.05, 4.69) is 18.5 Å². The van der Waals surface area contributed by atoms with Crippen LogP contribution in [0.3, 0.4) is 0 Å². The number of hydrogen-bond acceptors (Lipinski definition) is 3. The first-order chi connectivity index (χ1) is 12.1. The first kappa shape index (κ1) is 18.4. The number of amides is 4. The number of carbonyl (C=O) groups is 3. The third-order valence-corrected chi connectivity index (χ3v) is 4.02. The Kier molecular flexibility index (Phi) is 6.51. The van der Waals surface area contributed by atoms with E-state index in [9.17, 15) is 14.4 Å². The van der Waals surface area contributed by atoms with Crippen molar-refractivity contribution in [3.63, 3.8) is 0 Å². The van der Waals surface area contributed by atoms with Crippen molar-refractivity contribution in [1.29, 1.82) is 0 Å². The molecular weight excluding hydrogens is 318 g/mol. The molecule has 0 unspecified atom stereocenters. The zero-order valence-corrected chi connectivity index (χ0v) is 14.2. The van der Waals surface area contributed by atoms with Gasteiger partial charge < -0.3 is 10.2 Å². The van der Waals surface area contributed by atoms with Gasteiger partial charge in [0.1, 0.15) is 12.6 Å². The van der Waals surface area contributed by atoms with Gasteiger partial charge in [0.25, 0.3) is 5.91 Å². The maximum absolute atomic E-state index is 12.4. The van der Waals surface area contributed by atoms with Crippen molar-refractivity contribution in [2.24, 2.45) is 0 Å². The topological polar surface area (TPSA) is 69.7 Å². The lowest BCUT2D eigenvalue weighted by Crippen LogP contribution is -2.43. The highest BCUT2D eigenvalue weighted by atomic mass is 16.2. The lowest BCUT2D eigenvalue weighted by atomic mass is 10.1. The Morgan fingerprint density at radius 1 is 1.16 bits per heavy atom. The summed E-state index contributed by atoms with van der Waals surface area (Å²) in [4.78, 5) is 39.3. The predicted molar refractivity (Wildman–Crippen MR) is 95.8 cm³/mol. The summed E-state index contributed by atoms with van der Waals surface area (Å²) in [6, 6.07) is 8.64. The second kappa shape index (κ2) is 8.82. The van der Waals surface area contributed by atoms with Crippen molar-refractivity contribution in [2.45, 2.75) is 18.9 Å². The van der Waals surface area contributed by atoms with E-state index in [4.69, 9.17) is 0 Å². The Morgan fingerprint density at radius 2 is 1.80 bits per heavy atom. The molecule has 6 nitrogen and oxygen atoms in total. The average Bonchev–Trinajstić information content (AvgIpc) is 2.88. The number of benzene rings is 1. The molecule has 0 aromatic heterocycles. The van der Waals surface area contributed by atoms with Gasteiger partial charge in [-0.05, 0) is 18.4 Å². The van der Waals surface area contributed by atoms with E-state index >= 15 is 0 Å². The summed E-state index contributed by atoms with van der Waals surface area (Å²) in [6.07, 6.45) is 4.37. The van der Waals surface area contributed by atoms with Crippen LogP contribution in [0.15, 0.2) is 55.6 Å². The summed E-state index contributed by atoms with van der Waals surface area (Å²) < 4.78 is 0. The Labute approximate surface area is 147 Å². The highest BCUT2D eigenvalue weighted by molar-refractivity contribution is 6.06. The summed E-state index contributed by atoms with van der Waals surface area (Å²) in [5.74, 6) is -0.668. The minimum Gasteiger partial charge on any atom is -0.334 e. The first-order valence-electron chi connectivity index (χ1n) is 8.22. The fourth-order valence-electron chi connectivity index (χ4n) is 2.70. The molecule has 1 saturated heterocycles. The van der Waals surface area contributed by atoms with E-state index < -0.39 is 12.1 Å². The molecule has 4 amide bonds. The maximum atomic E-state index is 12.4. The molecule has 1 atom stereocenters. The van der Waals surface area contributed by atoms with Gasteiger partial charge in [-0.2, -0.15) is 0 Å². The van der Waals surface area contributed by atoms with Crippen LogP contribution in [-0.4, -0.2) is 53.3 Å². The summed E-state index contributed by atoms with van der Waals surface area (Å²) in [7, 11) is 0. The van der Waals surface area contributed by atoms with Crippen molar-refractivity contribution < 1.29 is 14.4 Å². The van der Waals surface area contributed by atoms with Gasteiger partial charge in [0.05, 0.1) is 0 Å². The molecule has 0 spiro atoms. The van der Waals surface area contributed by atoms with E-state index in [0.717, 1.165) is 10.5 Å². The van der Waals surface area contributed by atoms with Gasteiger partial charge in [0.15, 0.2) is 0 Å². The maximum Gasteiger partial charge on any atom is 0.325 e. The molecule has 1 heterocycles. The molecule has 0 saturated carbocycles. The van der Waals surface area contributed by atoms with Crippen molar-refractivity contribution in [1.82, 2.24) is 15.1 Å². The van der Waals surface area contributed by atoms with Crippen molar-refractivity contribution >= 4 is 17.8 Å². The molecule has 0 bridgehead atoms. The largest absolute Gasteiger partial charge is 0.334 e. The molecule has 1 N–H and O–H groups in total. The molecule has 1 fully saturated rings. The fourth-order valence-corrected chi connectivity index (χ4v) is 2.70. The average molecular weight is 341 g/mol. The molecule has 0 aliphatic carbocycles. The summed E-state index contributed by atoms with van der Waals surface area (Å²) in [6.45, 7) is 7.62. The van der Waals surface area contributed by atoms with Gasteiger partial charge in [0.2, 0.25) is 5.91 Å². The third kappa shape index (κ3) is 4.79. The standard InChI is InChI=1S/C19H23N3O3/c1-3-12-21(13-4-2)17(23)14-22-18(24)16(20-19(22)25)11-10-15-8-6-5-7-9-15/h3-9,16H,1-2,10-14H2,(H,20,25)/t16-/m0/s1. The fraction of sp³-hybridized carbons (Fsp3) is 0.316. The molecule has 2 rings (SSSR count). The number of nitrogens with zero attached hydrogens (tertiary/aromatic N) is 2. The molecule has 1 aliphatic heterocycles. The second-order valence-electron chi connectivity index (χ2n) is 5.83. The van der Waals surface area contributed by atoms with Crippen LogP contribution >= 0.6 is 0 Å². The Bertz CT molecular complexity index is 647. The number of rotatable bonds is 9. The first-order valence-corrected chi connectivity index (χ1v) is 8.22. The number of aryl methyl sites for hydroxylation is 1. The Balaban J connectivity index is 1.94. The zero-order chi connectivity index (χ0) is 18.2. The normalized spacial score (nSPS) is 16.5. The van der Waals surface area contributed by atoms with Gasteiger partial charge in [0, 0.05) is 13.1 Å². The van der Waals surface area contributed by atoms with Crippen LogP contribution in [0.25, 0.3) is 0 Å². The number of nitrogens with one attached hydrogen (secondary N) is 1. The van der Waals surface area contributed by atoms with Crippen molar-refractivity contribution in [3.8, 4) is 0 Å². The third-order valence-electron chi connectivity index (χ3n) is 4.02. The molecule has 25 heavy (non-hydrogen) atoms. The van der Waals surface area contributed by atoms with Crippen molar-refractivity contribution in [3.05, 3.63) is 61.2 Å². The predicted octanol–water partition coefficient (Wildman–Crippen LogP) is 1.74. The minimum absolute atomic E-state index is 0.270. The van der Waals surface area contributed by atoms with Gasteiger partial charge in [-0.15, -0.1) is 13.2 Å². The Hall–Kier alpha value is -2.89. The quantitative estimate of drug-likeness (QED) is 0.549. The van der Waals surface area contributed by atoms with Crippen LogP contribution in [-0.2, 0) is 16.0 Å². The van der Waals surface area contributed by atoms with E-state index in [1.165, 1.54) is 4.90 Å². The molecule has 1 aromatic rings. The SMILES string of the molecule is C=CCN(CC=C)C(=O)CN1C(=O)N[C@@H](CCc2ccccc2)C1=O. The van der Waals surface area contributed by atoms with Gasteiger partial charge in [-0.25, -0.2) is 4.79 Å². The molecule has 6 heteroatoms. The van der Waals surface area contributed by atoms with Gasteiger partial charge >= 0.3 is 6.03 Å². The van der Waals surface area contributed by atoms with Crippen LogP contribution in [0, 0.1) is 0 Å². The summed E-state index contributed by atoms with van der Waals surface area (Å²) in [5.41, 5.74) is 1.10. The van der Waals surface area contributed by atoms with E-state index in [1.54, 1.807) is 12.2 Å². The molecule has 132 valence electrons. The van der Waals surface area contributed by atoms with Crippen LogP contribution in [0.4, 0.5) is 4.79 Å². The van der Waals surface area contributed by atoms with E-state index in [1.807, 2.05) is 30.3 Å². The molecule has 1 aromatic carbocycles. The smallest absolute Gasteiger partial charge is 0.325 e. The Morgan fingerprint density at radius 3 is 2.40 bits per heavy atom. The summed E-state index contributed by atoms with van der Waals surface area (Å²) in [5, 5.41) is 2.66. The van der Waals surface area contributed by atoms with Crippen molar-refractivity contribution in [2.75, 3.05) is 19.6 Å². The van der Waals surface area contributed by atoms with Gasteiger partial charge in [-0.1, -0.05) is 42.5 Å². The lowest BCUT2D eigenvalue weighted by molar-refractivity contribution is -0.136. The van der Waals surface area contributed by atoms with Crippen LogP contribution in [0.1, 0.15) is 12.0 Å². The van der Waals surface area contributed by atoms with E-state index in [0.29, 0.717) is 25.9 Å². The number of carbonyl (C=O) groups excluding carboxylic acids is 3. The molecule has 1 aliphatic rings.